The summed E-state index contributed by atoms with van der Waals surface area (Å²) in [6.07, 6.45) is 1.26. The Balaban J connectivity index is 3.34. The Morgan fingerprint density at radius 2 is 2.00 bits per heavy atom. The summed E-state index contributed by atoms with van der Waals surface area (Å²) in [5.74, 6) is -0.458. The second-order valence-electron chi connectivity index (χ2n) is 2.84. The molecule has 0 fully saturated rings. The molecular formula is C10H8N2O2. The Morgan fingerprint density at radius 3 is 2.43 bits per heavy atom. The fourth-order valence-electron chi connectivity index (χ4n) is 1.02. The SMILES string of the molecule is CC(=O)c1cc(C#N)c(C(C)=O)cn1. The molecule has 0 radical (unpaired) electrons. The summed E-state index contributed by atoms with van der Waals surface area (Å²) in [5.41, 5.74) is 0.641. The highest BCUT2D eigenvalue weighted by atomic mass is 16.1. The summed E-state index contributed by atoms with van der Waals surface area (Å²) in [4.78, 5) is 25.8. The van der Waals surface area contributed by atoms with Gasteiger partial charge in [-0.2, -0.15) is 5.26 Å². The van der Waals surface area contributed by atoms with Gasteiger partial charge in [-0.3, -0.25) is 14.6 Å². The van der Waals surface area contributed by atoms with E-state index in [0.717, 1.165) is 0 Å². The number of aromatic nitrogens is 1. The number of Topliss-reactive ketones (excluding diaryl/α,β-unsaturated/α-hetero) is 2. The van der Waals surface area contributed by atoms with Gasteiger partial charge in [0.15, 0.2) is 11.6 Å². The van der Waals surface area contributed by atoms with Crippen LogP contribution < -0.4 is 0 Å². The van der Waals surface area contributed by atoms with Gasteiger partial charge < -0.3 is 0 Å². The predicted octanol–water partition coefficient (Wildman–Crippen LogP) is 1.36. The number of carbonyl (C=O) groups is 2. The van der Waals surface area contributed by atoms with Crippen LogP contribution >= 0.6 is 0 Å². The minimum Gasteiger partial charge on any atom is -0.294 e. The number of nitriles is 1. The predicted molar refractivity (Wildman–Crippen MR) is 49.0 cm³/mol. The molecular weight excluding hydrogens is 180 g/mol. The van der Waals surface area contributed by atoms with Crippen molar-refractivity contribution < 1.29 is 9.59 Å². The summed E-state index contributed by atoms with van der Waals surface area (Å²) in [6, 6.07) is 3.19. The quantitative estimate of drug-likeness (QED) is 0.657. The molecule has 4 heteroatoms. The first-order valence-corrected chi connectivity index (χ1v) is 3.98. The van der Waals surface area contributed by atoms with Crippen LogP contribution in [0.25, 0.3) is 0 Å². The molecule has 0 spiro atoms. The van der Waals surface area contributed by atoms with Gasteiger partial charge >= 0.3 is 0 Å². The molecule has 0 N–H and O–H groups in total. The zero-order chi connectivity index (χ0) is 10.7. The largest absolute Gasteiger partial charge is 0.294 e. The van der Waals surface area contributed by atoms with Crippen molar-refractivity contribution >= 4 is 11.6 Å². The molecule has 0 unspecified atom stereocenters. The fraction of sp³-hybridized carbons (Fsp3) is 0.200. The van der Waals surface area contributed by atoms with Gasteiger partial charge in [0.25, 0.3) is 0 Å². The Bertz CT molecular complexity index is 444. The third kappa shape index (κ3) is 1.83. The van der Waals surface area contributed by atoms with Gasteiger partial charge in [-0.05, 0) is 13.0 Å². The maximum Gasteiger partial charge on any atom is 0.178 e. The van der Waals surface area contributed by atoms with Gasteiger partial charge in [0.1, 0.15) is 11.8 Å². The Morgan fingerprint density at radius 1 is 1.36 bits per heavy atom. The molecule has 70 valence electrons. The molecule has 0 saturated heterocycles. The van der Waals surface area contributed by atoms with Crippen molar-refractivity contribution in [3.05, 3.63) is 29.1 Å². The van der Waals surface area contributed by atoms with Crippen LogP contribution in [0.3, 0.4) is 0 Å². The van der Waals surface area contributed by atoms with E-state index in [0.29, 0.717) is 0 Å². The number of rotatable bonds is 2. The highest BCUT2D eigenvalue weighted by Gasteiger charge is 2.10. The van der Waals surface area contributed by atoms with Gasteiger partial charge in [0.2, 0.25) is 0 Å². The van der Waals surface area contributed by atoms with Crippen molar-refractivity contribution in [2.45, 2.75) is 13.8 Å². The molecule has 0 amide bonds. The second-order valence-corrected chi connectivity index (χ2v) is 2.84. The van der Waals surface area contributed by atoms with Gasteiger partial charge in [-0.15, -0.1) is 0 Å². The number of ketones is 2. The Labute approximate surface area is 81.2 Å². The Kier molecular flexibility index (Phi) is 2.73. The molecule has 1 rings (SSSR count). The van der Waals surface area contributed by atoms with Crippen molar-refractivity contribution in [2.24, 2.45) is 0 Å². The van der Waals surface area contributed by atoms with Crippen LogP contribution in [0.15, 0.2) is 12.3 Å². The van der Waals surface area contributed by atoms with Crippen LogP contribution in [0.2, 0.25) is 0 Å². The highest BCUT2D eigenvalue weighted by Crippen LogP contribution is 2.09. The van der Waals surface area contributed by atoms with Gasteiger partial charge in [-0.25, -0.2) is 0 Å². The molecule has 0 atom stereocenters. The molecule has 14 heavy (non-hydrogen) atoms. The third-order valence-corrected chi connectivity index (χ3v) is 1.76. The summed E-state index contributed by atoms with van der Waals surface area (Å²) < 4.78 is 0. The summed E-state index contributed by atoms with van der Waals surface area (Å²) in [5, 5.41) is 8.73. The van der Waals surface area contributed by atoms with Crippen LogP contribution in [0.1, 0.15) is 40.3 Å². The lowest BCUT2D eigenvalue weighted by Gasteiger charge is -2.00. The van der Waals surface area contributed by atoms with E-state index in [1.165, 1.54) is 26.1 Å². The van der Waals surface area contributed by atoms with Gasteiger partial charge in [0, 0.05) is 13.1 Å². The molecule has 0 saturated carbocycles. The molecule has 1 heterocycles. The molecule has 4 nitrogen and oxygen atoms in total. The van der Waals surface area contributed by atoms with E-state index in [1.54, 1.807) is 0 Å². The van der Waals surface area contributed by atoms with E-state index in [-0.39, 0.29) is 28.4 Å². The van der Waals surface area contributed by atoms with E-state index < -0.39 is 0 Å². The van der Waals surface area contributed by atoms with E-state index in [1.807, 2.05) is 6.07 Å². The monoisotopic (exact) mass is 188 g/mol. The smallest absolute Gasteiger partial charge is 0.178 e. The third-order valence-electron chi connectivity index (χ3n) is 1.76. The van der Waals surface area contributed by atoms with E-state index in [2.05, 4.69) is 4.98 Å². The van der Waals surface area contributed by atoms with Crippen LogP contribution in [-0.2, 0) is 0 Å². The van der Waals surface area contributed by atoms with Crippen molar-refractivity contribution in [2.75, 3.05) is 0 Å². The summed E-state index contributed by atoms with van der Waals surface area (Å²) in [6.45, 7) is 2.71. The zero-order valence-electron chi connectivity index (χ0n) is 7.87. The molecule has 0 aliphatic heterocycles. The van der Waals surface area contributed by atoms with E-state index in [4.69, 9.17) is 5.26 Å². The first kappa shape index (κ1) is 10.1. The van der Waals surface area contributed by atoms with Crippen molar-refractivity contribution in [3.63, 3.8) is 0 Å². The number of hydrogen-bond donors (Lipinski definition) is 0. The lowest BCUT2D eigenvalue weighted by atomic mass is 10.1. The lowest BCUT2D eigenvalue weighted by molar-refractivity contribution is 0.0997. The number of hydrogen-bond acceptors (Lipinski definition) is 4. The lowest BCUT2D eigenvalue weighted by Crippen LogP contribution is -2.03. The zero-order valence-corrected chi connectivity index (χ0v) is 7.87. The maximum atomic E-state index is 11.0. The minimum absolute atomic E-state index is 0.192. The fourth-order valence-corrected chi connectivity index (χ4v) is 1.02. The maximum absolute atomic E-state index is 11.0. The topological polar surface area (TPSA) is 70.8 Å². The number of nitrogens with zero attached hydrogens (tertiary/aromatic N) is 2. The van der Waals surface area contributed by atoms with Crippen molar-refractivity contribution in [1.82, 2.24) is 4.98 Å². The molecule has 0 bridgehead atoms. The average Bonchev–Trinajstić information content (AvgIpc) is 2.16. The molecule has 0 aliphatic rings. The van der Waals surface area contributed by atoms with Crippen molar-refractivity contribution in [1.29, 1.82) is 5.26 Å². The first-order valence-electron chi connectivity index (χ1n) is 3.98. The van der Waals surface area contributed by atoms with E-state index >= 15 is 0 Å². The van der Waals surface area contributed by atoms with Crippen LogP contribution in [0.5, 0.6) is 0 Å². The Hall–Kier alpha value is -2.02. The first-order chi connectivity index (χ1) is 6.56. The number of pyridine rings is 1. The van der Waals surface area contributed by atoms with Crippen LogP contribution in [0.4, 0.5) is 0 Å². The van der Waals surface area contributed by atoms with Gasteiger partial charge in [-0.1, -0.05) is 0 Å². The molecule has 1 aromatic heterocycles. The molecule has 0 aromatic carbocycles. The van der Waals surface area contributed by atoms with Gasteiger partial charge in [0.05, 0.1) is 11.1 Å². The highest BCUT2D eigenvalue weighted by molar-refractivity contribution is 5.98. The van der Waals surface area contributed by atoms with Crippen molar-refractivity contribution in [3.8, 4) is 6.07 Å². The summed E-state index contributed by atoms with van der Waals surface area (Å²) in [7, 11) is 0. The molecule has 0 aliphatic carbocycles. The average molecular weight is 188 g/mol. The van der Waals surface area contributed by atoms with E-state index in [9.17, 15) is 9.59 Å². The normalized spacial score (nSPS) is 9.21. The summed E-state index contributed by atoms with van der Waals surface area (Å²) >= 11 is 0. The number of carbonyl (C=O) groups excluding carboxylic acids is 2. The second kappa shape index (κ2) is 3.79. The van der Waals surface area contributed by atoms with Crippen LogP contribution in [0, 0.1) is 11.3 Å². The molecule has 1 aromatic rings. The standard InChI is InChI=1S/C10H8N2O2/c1-6(13)9-5-12-10(7(2)14)3-8(9)4-11/h3,5H,1-2H3. The van der Waals surface area contributed by atoms with Crippen LogP contribution in [-0.4, -0.2) is 16.6 Å². The minimum atomic E-state index is -0.232.